The van der Waals surface area contributed by atoms with Crippen molar-refractivity contribution in [3.8, 4) is 0 Å². The van der Waals surface area contributed by atoms with E-state index >= 15 is 0 Å². The van der Waals surface area contributed by atoms with Gasteiger partial charge in [-0.2, -0.15) is 0 Å². The number of para-hydroxylation sites is 1. The van der Waals surface area contributed by atoms with Crippen molar-refractivity contribution in [2.45, 2.75) is 0 Å². The van der Waals surface area contributed by atoms with Crippen LogP contribution in [0.4, 0.5) is 0 Å². The van der Waals surface area contributed by atoms with Crippen LogP contribution < -0.4 is 5.43 Å². The van der Waals surface area contributed by atoms with Crippen molar-refractivity contribution in [1.82, 2.24) is 9.97 Å². The van der Waals surface area contributed by atoms with Crippen molar-refractivity contribution in [3.05, 3.63) is 47.0 Å². The molecule has 0 bridgehead atoms. The Morgan fingerprint density at radius 3 is 2.93 bits per heavy atom. The number of nitrogens with zero attached hydrogens (tertiary/aromatic N) is 2. The summed E-state index contributed by atoms with van der Waals surface area (Å²) in [6, 6.07) is 7.10. The molecule has 0 aliphatic rings. The zero-order valence-electron chi connectivity index (χ0n) is 7.68. The minimum Gasteiger partial charge on any atom is -0.437 e. The largest absolute Gasteiger partial charge is 0.437 e. The van der Waals surface area contributed by atoms with Crippen molar-refractivity contribution >= 4 is 22.1 Å². The van der Waals surface area contributed by atoms with Crippen molar-refractivity contribution in [2.24, 2.45) is 0 Å². The molecule has 0 saturated carbocycles. The van der Waals surface area contributed by atoms with E-state index in [1.165, 1.54) is 12.5 Å². The summed E-state index contributed by atoms with van der Waals surface area (Å²) in [6.45, 7) is 0. The Balaban J connectivity index is 2.66. The van der Waals surface area contributed by atoms with Crippen molar-refractivity contribution < 1.29 is 4.42 Å². The Morgan fingerprint density at radius 2 is 2.00 bits per heavy atom. The van der Waals surface area contributed by atoms with Gasteiger partial charge in [0, 0.05) is 6.20 Å². The second-order valence-corrected chi connectivity index (χ2v) is 3.17. The van der Waals surface area contributed by atoms with Gasteiger partial charge in [0.05, 0.1) is 5.39 Å². The van der Waals surface area contributed by atoms with Crippen LogP contribution in [-0.4, -0.2) is 9.97 Å². The normalized spacial score (nSPS) is 10.9. The molecule has 1 aromatic carbocycles. The van der Waals surface area contributed by atoms with Gasteiger partial charge < -0.3 is 4.42 Å². The molecule has 4 heteroatoms. The third kappa shape index (κ3) is 1.11. The third-order valence-electron chi connectivity index (χ3n) is 2.26. The lowest BCUT2D eigenvalue weighted by molar-refractivity contribution is 0.643. The molecule has 0 fully saturated rings. The second kappa shape index (κ2) is 2.88. The molecule has 0 spiro atoms. The molecule has 0 N–H and O–H groups in total. The minimum absolute atomic E-state index is 0.0903. The lowest BCUT2D eigenvalue weighted by Gasteiger charge is -1.98. The summed E-state index contributed by atoms with van der Waals surface area (Å²) in [7, 11) is 0. The van der Waals surface area contributed by atoms with E-state index in [1.54, 1.807) is 18.2 Å². The third-order valence-corrected chi connectivity index (χ3v) is 2.26. The van der Waals surface area contributed by atoms with Gasteiger partial charge in [-0.3, -0.25) is 4.79 Å². The maximum Gasteiger partial charge on any atom is 0.233 e. The van der Waals surface area contributed by atoms with Crippen LogP contribution in [-0.2, 0) is 0 Å². The zero-order chi connectivity index (χ0) is 10.3. The van der Waals surface area contributed by atoms with Gasteiger partial charge in [-0.15, -0.1) is 0 Å². The van der Waals surface area contributed by atoms with Crippen LogP contribution in [0.5, 0.6) is 0 Å². The molecule has 0 aliphatic heterocycles. The van der Waals surface area contributed by atoms with E-state index in [9.17, 15) is 4.79 Å². The Labute approximate surface area is 84.2 Å². The zero-order valence-corrected chi connectivity index (χ0v) is 7.68. The van der Waals surface area contributed by atoms with Gasteiger partial charge >= 0.3 is 0 Å². The first kappa shape index (κ1) is 8.11. The van der Waals surface area contributed by atoms with Crippen molar-refractivity contribution in [3.63, 3.8) is 0 Å². The molecule has 0 saturated heterocycles. The van der Waals surface area contributed by atoms with Crippen LogP contribution in [0.2, 0.25) is 0 Å². The summed E-state index contributed by atoms with van der Waals surface area (Å²) < 4.78 is 5.48. The summed E-state index contributed by atoms with van der Waals surface area (Å²) in [5, 5.41) is 0.969. The molecular formula is C11H6N2O2. The molecule has 15 heavy (non-hydrogen) atoms. The van der Waals surface area contributed by atoms with Crippen LogP contribution in [0, 0.1) is 0 Å². The quantitative estimate of drug-likeness (QED) is 0.516. The average molecular weight is 198 g/mol. The minimum atomic E-state index is -0.0903. The van der Waals surface area contributed by atoms with Crippen molar-refractivity contribution in [1.29, 1.82) is 0 Å². The lowest BCUT2D eigenvalue weighted by Crippen LogP contribution is -2.02. The molecule has 0 aliphatic carbocycles. The molecule has 2 aromatic heterocycles. The number of hydrogen-bond acceptors (Lipinski definition) is 4. The van der Waals surface area contributed by atoms with E-state index in [0.29, 0.717) is 22.1 Å². The smallest absolute Gasteiger partial charge is 0.233 e. The van der Waals surface area contributed by atoms with E-state index in [1.807, 2.05) is 6.07 Å². The maximum atomic E-state index is 11.9. The van der Waals surface area contributed by atoms with E-state index in [0.717, 1.165) is 0 Å². The van der Waals surface area contributed by atoms with Gasteiger partial charge in [-0.05, 0) is 12.1 Å². The molecule has 0 amide bonds. The lowest BCUT2D eigenvalue weighted by atomic mass is 10.2. The predicted molar refractivity (Wildman–Crippen MR) is 55.6 cm³/mol. The molecular weight excluding hydrogens is 192 g/mol. The number of aromatic nitrogens is 2. The van der Waals surface area contributed by atoms with Crippen molar-refractivity contribution in [2.75, 3.05) is 0 Å². The molecule has 0 radical (unpaired) electrons. The highest BCUT2D eigenvalue weighted by atomic mass is 16.3. The summed E-state index contributed by atoms with van der Waals surface area (Å²) in [5.74, 6) is 0. The van der Waals surface area contributed by atoms with Gasteiger partial charge in [-0.1, -0.05) is 12.1 Å². The fourth-order valence-corrected chi connectivity index (χ4v) is 1.55. The molecule has 72 valence electrons. The first-order valence-electron chi connectivity index (χ1n) is 4.48. The van der Waals surface area contributed by atoms with Gasteiger partial charge in [0.2, 0.25) is 11.1 Å². The van der Waals surface area contributed by atoms with Gasteiger partial charge in [0.15, 0.2) is 0 Å². The highest BCUT2D eigenvalue weighted by Crippen LogP contribution is 2.14. The first-order valence-corrected chi connectivity index (χ1v) is 4.48. The molecule has 0 unspecified atom stereocenters. The van der Waals surface area contributed by atoms with E-state index in [4.69, 9.17) is 4.42 Å². The van der Waals surface area contributed by atoms with E-state index in [2.05, 4.69) is 9.97 Å². The topological polar surface area (TPSA) is 56.0 Å². The van der Waals surface area contributed by atoms with E-state index in [-0.39, 0.29) is 5.43 Å². The highest BCUT2D eigenvalue weighted by molar-refractivity contribution is 5.87. The van der Waals surface area contributed by atoms with Crippen LogP contribution in [0.15, 0.2) is 46.0 Å². The van der Waals surface area contributed by atoms with E-state index < -0.39 is 0 Å². The molecule has 0 atom stereocenters. The Hall–Kier alpha value is -2.23. The van der Waals surface area contributed by atoms with Crippen LogP contribution in [0.3, 0.4) is 0 Å². The number of benzene rings is 1. The first-order chi connectivity index (χ1) is 7.36. The SMILES string of the molecule is O=c1c2ccccc2oc2ncncc12. The fourth-order valence-electron chi connectivity index (χ4n) is 1.55. The predicted octanol–water partition coefficient (Wildman–Crippen LogP) is 1.74. The molecule has 3 rings (SSSR count). The fraction of sp³-hybridized carbons (Fsp3) is 0. The summed E-state index contributed by atoms with van der Waals surface area (Å²) >= 11 is 0. The number of fused-ring (bicyclic) bond motifs is 2. The summed E-state index contributed by atoms with van der Waals surface area (Å²) in [5.41, 5.74) is 0.787. The molecule has 4 nitrogen and oxygen atoms in total. The molecule has 3 aromatic rings. The summed E-state index contributed by atoms with van der Waals surface area (Å²) in [6.07, 6.45) is 2.83. The van der Waals surface area contributed by atoms with Gasteiger partial charge in [-0.25, -0.2) is 9.97 Å². The molecule has 2 heterocycles. The van der Waals surface area contributed by atoms with Crippen LogP contribution >= 0.6 is 0 Å². The Bertz CT molecular complexity index is 646. The maximum absolute atomic E-state index is 11.9. The summed E-state index contributed by atoms with van der Waals surface area (Å²) in [4.78, 5) is 19.7. The Kier molecular flexibility index (Phi) is 1.56. The highest BCUT2D eigenvalue weighted by Gasteiger charge is 2.06. The number of hydrogen-bond donors (Lipinski definition) is 0. The van der Waals surface area contributed by atoms with Crippen LogP contribution in [0.1, 0.15) is 0 Å². The number of rotatable bonds is 0. The van der Waals surface area contributed by atoms with Gasteiger partial charge in [0.1, 0.15) is 17.3 Å². The standard InChI is InChI=1S/C11H6N2O2/c14-10-7-3-1-2-4-9(7)15-11-8(10)5-12-6-13-11/h1-6H. The van der Waals surface area contributed by atoms with Gasteiger partial charge in [0.25, 0.3) is 0 Å². The monoisotopic (exact) mass is 198 g/mol. The van der Waals surface area contributed by atoms with Crippen LogP contribution in [0.25, 0.3) is 22.1 Å². The second-order valence-electron chi connectivity index (χ2n) is 3.17. The Morgan fingerprint density at radius 1 is 1.13 bits per heavy atom. The average Bonchev–Trinajstić information content (AvgIpc) is 2.30.